The fourth-order valence-electron chi connectivity index (χ4n) is 11.3. The number of carbonyl (C=O) groups is 1. The molecule has 272 valence electrons. The first-order valence-corrected chi connectivity index (χ1v) is 17.9. The number of aliphatic hydroxyl groups excluding tert-OH is 6. The van der Waals surface area contributed by atoms with Gasteiger partial charge in [0.2, 0.25) is 0 Å². The Morgan fingerprint density at radius 3 is 2.27 bits per heavy atom. The van der Waals surface area contributed by atoms with Gasteiger partial charge in [0.1, 0.15) is 49.3 Å². The van der Waals surface area contributed by atoms with Crippen molar-refractivity contribution in [3.8, 4) is 0 Å². The maximum absolute atomic E-state index is 12.5. The van der Waals surface area contributed by atoms with Crippen molar-refractivity contribution in [2.24, 2.45) is 34.5 Å². The number of esters is 1. The van der Waals surface area contributed by atoms with Crippen molar-refractivity contribution in [2.75, 3.05) is 13.2 Å². The largest absolute Gasteiger partial charge is 0.458 e. The molecule has 0 bridgehead atoms. The van der Waals surface area contributed by atoms with Gasteiger partial charge in [-0.25, -0.2) is 4.79 Å². The monoisotopic (exact) mass is 682 g/mol. The minimum absolute atomic E-state index is 0.0345. The van der Waals surface area contributed by atoms with Crippen molar-refractivity contribution in [3.05, 3.63) is 11.6 Å². The average molecular weight is 683 g/mol. The van der Waals surface area contributed by atoms with E-state index in [0.717, 1.165) is 63.4 Å². The van der Waals surface area contributed by atoms with E-state index < -0.39 is 73.6 Å². The minimum atomic E-state index is -1.65. The fraction of sp³-hybridized carbons (Fsp3) is 0.914. The molecular weight excluding hydrogens is 628 g/mol. The molecule has 0 spiro atoms. The van der Waals surface area contributed by atoms with Crippen LogP contribution < -0.4 is 0 Å². The van der Waals surface area contributed by atoms with Gasteiger partial charge in [-0.05, 0) is 99.4 Å². The van der Waals surface area contributed by atoms with Crippen LogP contribution in [-0.2, 0) is 28.5 Å². The third kappa shape index (κ3) is 5.42. The highest BCUT2D eigenvalue weighted by Crippen LogP contribution is 2.70. The first-order valence-electron chi connectivity index (χ1n) is 17.9. The van der Waals surface area contributed by atoms with Gasteiger partial charge in [-0.15, -0.1) is 0 Å². The van der Waals surface area contributed by atoms with Crippen LogP contribution >= 0.6 is 0 Å². The van der Waals surface area contributed by atoms with Crippen molar-refractivity contribution in [3.63, 3.8) is 0 Å². The molecular formula is C35H54O13. The normalized spacial score (nSPS) is 55.3. The van der Waals surface area contributed by atoms with Crippen molar-refractivity contribution in [1.29, 1.82) is 0 Å². The number of aliphatic hydroxyl groups is 7. The van der Waals surface area contributed by atoms with Crippen molar-refractivity contribution < 1.29 is 64.2 Å². The van der Waals surface area contributed by atoms with E-state index in [-0.39, 0.29) is 34.7 Å². The van der Waals surface area contributed by atoms with Crippen LogP contribution in [-0.4, -0.2) is 128 Å². The van der Waals surface area contributed by atoms with Crippen LogP contribution in [0.1, 0.15) is 78.6 Å². The van der Waals surface area contributed by atoms with Gasteiger partial charge in [0.05, 0.1) is 24.4 Å². The SMILES string of the molecule is C[C@@H]1O[C@H](O[C@@H]2CC[C@@]3(C)[C@@H](CC[C@@H]4[C@@H]3CC[C@]3(C)[C@H](C5=CC(=O)OC5)CC[C@]43O)C2)[C@H](O)[C@H](O)[C@H]1O[C@H]1O[C@@H](CO)[C@H](O)[C@@H](O)[C@@H]1O. The number of hydrogen-bond acceptors (Lipinski definition) is 13. The Hall–Kier alpha value is -1.23. The highest BCUT2D eigenvalue weighted by molar-refractivity contribution is 5.85. The Labute approximate surface area is 281 Å². The summed E-state index contributed by atoms with van der Waals surface area (Å²) >= 11 is 0. The van der Waals surface area contributed by atoms with Crippen LogP contribution in [0.5, 0.6) is 0 Å². The molecule has 7 N–H and O–H groups in total. The molecule has 3 aliphatic heterocycles. The summed E-state index contributed by atoms with van der Waals surface area (Å²) in [7, 11) is 0. The average Bonchev–Trinajstić information content (AvgIpc) is 3.61. The van der Waals surface area contributed by atoms with E-state index in [0.29, 0.717) is 18.4 Å². The van der Waals surface area contributed by atoms with Gasteiger partial charge in [0.15, 0.2) is 12.6 Å². The number of hydrogen-bond donors (Lipinski definition) is 7. The maximum Gasteiger partial charge on any atom is 0.331 e. The Morgan fingerprint density at radius 2 is 1.56 bits per heavy atom. The predicted molar refractivity (Wildman–Crippen MR) is 166 cm³/mol. The summed E-state index contributed by atoms with van der Waals surface area (Å²) < 4.78 is 28.8. The highest BCUT2D eigenvalue weighted by atomic mass is 16.7. The van der Waals surface area contributed by atoms with Crippen LogP contribution in [0.4, 0.5) is 0 Å². The molecule has 48 heavy (non-hydrogen) atoms. The minimum Gasteiger partial charge on any atom is -0.458 e. The maximum atomic E-state index is 12.5. The van der Waals surface area contributed by atoms with E-state index in [4.69, 9.17) is 23.7 Å². The van der Waals surface area contributed by atoms with Gasteiger partial charge in [0.25, 0.3) is 0 Å². The first kappa shape index (κ1) is 35.2. The van der Waals surface area contributed by atoms with E-state index >= 15 is 0 Å². The molecule has 4 aliphatic carbocycles. The van der Waals surface area contributed by atoms with Gasteiger partial charge in [-0.3, -0.25) is 0 Å². The van der Waals surface area contributed by atoms with Gasteiger partial charge >= 0.3 is 5.97 Å². The van der Waals surface area contributed by atoms with Crippen molar-refractivity contribution in [1.82, 2.24) is 0 Å². The zero-order valence-electron chi connectivity index (χ0n) is 28.1. The number of ether oxygens (including phenoxy) is 5. The molecule has 2 saturated heterocycles. The number of fused-ring (bicyclic) bond motifs is 5. The Balaban J connectivity index is 0.977. The summed E-state index contributed by atoms with van der Waals surface area (Å²) in [5.41, 5.74) is 0.00280. The van der Waals surface area contributed by atoms with Crippen LogP contribution in [0.2, 0.25) is 0 Å². The number of rotatable bonds is 6. The third-order valence-electron chi connectivity index (χ3n) is 14.2. The molecule has 0 radical (unpaired) electrons. The first-order chi connectivity index (χ1) is 22.7. The van der Waals surface area contributed by atoms with E-state index in [9.17, 15) is 40.5 Å². The lowest BCUT2D eigenvalue weighted by atomic mass is 9.43. The zero-order valence-corrected chi connectivity index (χ0v) is 28.1. The van der Waals surface area contributed by atoms with Crippen LogP contribution in [0, 0.1) is 34.5 Å². The smallest absolute Gasteiger partial charge is 0.331 e. The topological polar surface area (TPSA) is 205 Å². The van der Waals surface area contributed by atoms with Gasteiger partial charge in [0, 0.05) is 11.5 Å². The van der Waals surface area contributed by atoms with E-state index in [2.05, 4.69) is 13.8 Å². The molecule has 3 heterocycles. The van der Waals surface area contributed by atoms with Gasteiger partial charge in [-0.2, -0.15) is 0 Å². The Kier molecular flexibility index (Phi) is 9.36. The highest BCUT2D eigenvalue weighted by Gasteiger charge is 2.68. The van der Waals surface area contributed by atoms with Gasteiger partial charge < -0.3 is 59.4 Å². The lowest BCUT2D eigenvalue weighted by Crippen LogP contribution is -2.64. The Morgan fingerprint density at radius 1 is 0.833 bits per heavy atom. The second kappa shape index (κ2) is 12.8. The standard InChI is InChI=1S/C35H54O13/c1-16-30(48-32-28(41)26(39)25(38)23(14-36)47-32)27(40)29(42)31(45-16)46-19-6-9-33(2)18(13-19)4-5-22-21(33)7-10-34(3)20(8-11-35(22,34)43)17-12-24(37)44-15-17/h12,16,18-23,25-32,36,38-43H,4-11,13-15H2,1-3H3/t16-,18-,19+,20-,21-,22+,23-,25-,26+,27-,28-,29+,30-,31+,32+,33-,34+,35-/m0/s1. The number of cyclic esters (lactones) is 1. The summed E-state index contributed by atoms with van der Waals surface area (Å²) in [5.74, 6) is 0.825. The second-order valence-corrected chi connectivity index (χ2v) is 16.3. The summed E-state index contributed by atoms with van der Waals surface area (Å²) in [4.78, 5) is 11.9. The summed E-state index contributed by atoms with van der Waals surface area (Å²) in [6.07, 6.45) is -4.12. The molecule has 0 aromatic rings. The van der Waals surface area contributed by atoms with Crippen molar-refractivity contribution in [2.45, 2.75) is 152 Å². The molecule has 0 aromatic heterocycles. The molecule has 0 amide bonds. The molecule has 0 unspecified atom stereocenters. The number of carbonyl (C=O) groups excluding carboxylic acids is 1. The lowest BCUT2D eigenvalue weighted by molar-refractivity contribution is -0.360. The van der Waals surface area contributed by atoms with Gasteiger partial charge in [-0.1, -0.05) is 13.8 Å². The molecule has 4 saturated carbocycles. The van der Waals surface area contributed by atoms with E-state index in [1.807, 2.05) is 0 Å². The quantitative estimate of drug-likeness (QED) is 0.149. The summed E-state index contributed by atoms with van der Waals surface area (Å²) in [6.45, 7) is 5.97. The third-order valence-corrected chi connectivity index (χ3v) is 14.2. The second-order valence-electron chi connectivity index (χ2n) is 16.3. The summed E-state index contributed by atoms with van der Waals surface area (Å²) in [5, 5.41) is 74.7. The lowest BCUT2D eigenvalue weighted by Gasteiger charge is -2.64. The predicted octanol–water partition coefficient (Wildman–Crippen LogP) is 0.280. The van der Waals surface area contributed by atoms with Crippen LogP contribution in [0.15, 0.2) is 11.6 Å². The van der Waals surface area contributed by atoms with Crippen molar-refractivity contribution >= 4 is 5.97 Å². The molecule has 18 atom stereocenters. The van der Waals surface area contributed by atoms with Crippen LogP contribution in [0.25, 0.3) is 0 Å². The molecule has 7 aliphatic rings. The zero-order chi connectivity index (χ0) is 34.3. The Bertz CT molecular complexity index is 1240. The fourth-order valence-corrected chi connectivity index (χ4v) is 11.3. The van der Waals surface area contributed by atoms with E-state index in [1.165, 1.54) is 0 Å². The molecule has 13 heteroatoms. The van der Waals surface area contributed by atoms with Crippen LogP contribution in [0.3, 0.4) is 0 Å². The summed E-state index contributed by atoms with van der Waals surface area (Å²) in [6, 6.07) is 0. The molecule has 7 rings (SSSR count). The molecule has 13 nitrogen and oxygen atoms in total. The molecule has 6 fully saturated rings. The van der Waals surface area contributed by atoms with E-state index in [1.54, 1.807) is 13.0 Å². The molecule has 0 aromatic carbocycles.